The Morgan fingerprint density at radius 2 is 2.00 bits per heavy atom. The highest BCUT2D eigenvalue weighted by Gasteiger charge is 2.12. The SMILES string of the molecule is CC(CCCO)NC(=O)c1ccc(-c2ccc(Cl)cc2)s1. The molecule has 0 aliphatic rings. The molecule has 0 saturated heterocycles. The van der Waals surface area contributed by atoms with Gasteiger partial charge in [-0.1, -0.05) is 23.7 Å². The van der Waals surface area contributed by atoms with Crippen LogP contribution in [0.3, 0.4) is 0 Å². The standard InChI is InChI=1S/C16H18ClNO2S/c1-11(3-2-10-19)18-16(20)15-9-8-14(21-15)12-4-6-13(17)7-5-12/h4-9,11,19H,2-3,10H2,1H3,(H,18,20). The third-order valence-electron chi connectivity index (χ3n) is 3.13. The fraction of sp³-hybridized carbons (Fsp3) is 0.312. The third-order valence-corrected chi connectivity index (χ3v) is 4.52. The van der Waals surface area contributed by atoms with E-state index >= 15 is 0 Å². The molecule has 1 amide bonds. The molecule has 0 radical (unpaired) electrons. The van der Waals surface area contributed by atoms with E-state index in [2.05, 4.69) is 5.32 Å². The maximum atomic E-state index is 12.1. The largest absolute Gasteiger partial charge is 0.396 e. The molecule has 1 atom stereocenters. The van der Waals surface area contributed by atoms with Crippen molar-refractivity contribution in [3.8, 4) is 10.4 Å². The van der Waals surface area contributed by atoms with Crippen molar-refractivity contribution in [1.29, 1.82) is 0 Å². The normalized spacial score (nSPS) is 12.1. The van der Waals surface area contributed by atoms with Gasteiger partial charge < -0.3 is 10.4 Å². The van der Waals surface area contributed by atoms with Crippen LogP contribution in [0.4, 0.5) is 0 Å². The van der Waals surface area contributed by atoms with Gasteiger partial charge in [0.25, 0.3) is 5.91 Å². The number of hydrogen-bond donors (Lipinski definition) is 2. The lowest BCUT2D eigenvalue weighted by Crippen LogP contribution is -2.32. The van der Waals surface area contributed by atoms with Gasteiger partial charge in [0.2, 0.25) is 0 Å². The molecule has 0 bridgehead atoms. The van der Waals surface area contributed by atoms with E-state index < -0.39 is 0 Å². The molecule has 0 fully saturated rings. The molecule has 2 rings (SSSR count). The van der Waals surface area contributed by atoms with Gasteiger partial charge in [-0.15, -0.1) is 11.3 Å². The molecule has 1 aromatic heterocycles. The lowest BCUT2D eigenvalue weighted by Gasteiger charge is -2.12. The number of aliphatic hydroxyl groups is 1. The van der Waals surface area contributed by atoms with Crippen LogP contribution < -0.4 is 5.32 Å². The minimum Gasteiger partial charge on any atom is -0.396 e. The molecule has 0 aliphatic heterocycles. The maximum Gasteiger partial charge on any atom is 0.261 e. The minimum atomic E-state index is -0.0642. The number of halogens is 1. The molecule has 1 unspecified atom stereocenters. The summed E-state index contributed by atoms with van der Waals surface area (Å²) < 4.78 is 0. The Balaban J connectivity index is 2.02. The van der Waals surface area contributed by atoms with Crippen LogP contribution in [-0.4, -0.2) is 23.7 Å². The van der Waals surface area contributed by atoms with E-state index in [9.17, 15) is 4.79 Å². The first-order chi connectivity index (χ1) is 10.1. The summed E-state index contributed by atoms with van der Waals surface area (Å²) in [6.45, 7) is 2.10. The number of nitrogens with one attached hydrogen (secondary N) is 1. The fourth-order valence-corrected chi connectivity index (χ4v) is 3.03. The van der Waals surface area contributed by atoms with E-state index in [1.165, 1.54) is 11.3 Å². The van der Waals surface area contributed by atoms with Crippen molar-refractivity contribution in [2.24, 2.45) is 0 Å². The third kappa shape index (κ3) is 4.56. The van der Waals surface area contributed by atoms with Gasteiger partial charge in [0.1, 0.15) is 0 Å². The molecule has 0 aliphatic carbocycles. The summed E-state index contributed by atoms with van der Waals surface area (Å²) in [5.74, 6) is -0.0642. The van der Waals surface area contributed by atoms with Crippen LogP contribution in [0.1, 0.15) is 29.4 Å². The van der Waals surface area contributed by atoms with Crippen LogP contribution in [0.15, 0.2) is 36.4 Å². The number of hydrogen-bond acceptors (Lipinski definition) is 3. The number of aliphatic hydroxyl groups excluding tert-OH is 1. The Hall–Kier alpha value is -1.36. The van der Waals surface area contributed by atoms with Crippen molar-refractivity contribution >= 4 is 28.8 Å². The molecule has 112 valence electrons. The van der Waals surface area contributed by atoms with Crippen LogP contribution in [0.2, 0.25) is 5.02 Å². The molecule has 2 aromatic rings. The monoisotopic (exact) mass is 323 g/mol. The summed E-state index contributed by atoms with van der Waals surface area (Å²) in [6, 6.07) is 11.4. The second-order valence-corrected chi connectivity index (χ2v) is 6.43. The van der Waals surface area contributed by atoms with Crippen molar-refractivity contribution in [3.05, 3.63) is 46.3 Å². The zero-order valence-corrected chi connectivity index (χ0v) is 13.4. The first kappa shape index (κ1) is 16.0. The van der Waals surface area contributed by atoms with Crippen LogP contribution in [-0.2, 0) is 0 Å². The Labute approximate surface area is 133 Å². The average molecular weight is 324 g/mol. The summed E-state index contributed by atoms with van der Waals surface area (Å²) in [5, 5.41) is 12.4. The van der Waals surface area contributed by atoms with Crippen molar-refractivity contribution in [1.82, 2.24) is 5.32 Å². The smallest absolute Gasteiger partial charge is 0.261 e. The maximum absolute atomic E-state index is 12.1. The Bertz CT molecular complexity index is 595. The highest BCUT2D eigenvalue weighted by molar-refractivity contribution is 7.17. The molecular formula is C16H18ClNO2S. The first-order valence-corrected chi connectivity index (χ1v) is 8.07. The van der Waals surface area contributed by atoms with Crippen LogP contribution in [0, 0.1) is 0 Å². The Kier molecular flexibility index (Phi) is 5.79. The number of amides is 1. The van der Waals surface area contributed by atoms with Crippen molar-refractivity contribution in [2.45, 2.75) is 25.8 Å². The highest BCUT2D eigenvalue weighted by Crippen LogP contribution is 2.29. The second kappa shape index (κ2) is 7.59. The zero-order valence-electron chi connectivity index (χ0n) is 11.8. The fourth-order valence-electron chi connectivity index (χ4n) is 1.99. The molecular weight excluding hydrogens is 306 g/mol. The van der Waals surface area contributed by atoms with Gasteiger partial charge in [-0.3, -0.25) is 4.79 Å². The average Bonchev–Trinajstić information content (AvgIpc) is 2.96. The van der Waals surface area contributed by atoms with E-state index in [0.717, 1.165) is 16.9 Å². The summed E-state index contributed by atoms with van der Waals surface area (Å²) in [5.41, 5.74) is 1.05. The number of benzene rings is 1. The summed E-state index contributed by atoms with van der Waals surface area (Å²) in [4.78, 5) is 13.9. The van der Waals surface area contributed by atoms with Gasteiger partial charge in [-0.2, -0.15) is 0 Å². The van der Waals surface area contributed by atoms with Crippen LogP contribution in [0.5, 0.6) is 0 Å². The van der Waals surface area contributed by atoms with E-state index in [1.54, 1.807) is 0 Å². The predicted octanol–water partition coefficient (Wildman–Crippen LogP) is 3.96. The van der Waals surface area contributed by atoms with E-state index in [-0.39, 0.29) is 18.6 Å². The summed E-state index contributed by atoms with van der Waals surface area (Å²) in [6.07, 6.45) is 1.47. The van der Waals surface area contributed by atoms with Crippen LogP contribution >= 0.6 is 22.9 Å². The predicted molar refractivity (Wildman–Crippen MR) is 88.0 cm³/mol. The molecule has 0 spiro atoms. The molecule has 1 heterocycles. The number of thiophene rings is 1. The number of rotatable bonds is 6. The lowest BCUT2D eigenvalue weighted by molar-refractivity contribution is 0.0940. The van der Waals surface area contributed by atoms with Gasteiger partial charge >= 0.3 is 0 Å². The van der Waals surface area contributed by atoms with Gasteiger partial charge in [-0.05, 0) is 49.6 Å². The Morgan fingerprint density at radius 3 is 2.67 bits per heavy atom. The summed E-state index contributed by atoms with van der Waals surface area (Å²) in [7, 11) is 0. The van der Waals surface area contributed by atoms with Crippen molar-refractivity contribution in [3.63, 3.8) is 0 Å². The molecule has 5 heteroatoms. The highest BCUT2D eigenvalue weighted by atomic mass is 35.5. The number of carbonyl (C=O) groups excluding carboxylic acids is 1. The zero-order chi connectivity index (χ0) is 15.2. The van der Waals surface area contributed by atoms with Gasteiger partial charge in [0.05, 0.1) is 4.88 Å². The van der Waals surface area contributed by atoms with Gasteiger partial charge in [0.15, 0.2) is 0 Å². The first-order valence-electron chi connectivity index (χ1n) is 6.87. The van der Waals surface area contributed by atoms with Crippen molar-refractivity contribution < 1.29 is 9.90 Å². The molecule has 1 aromatic carbocycles. The number of carbonyl (C=O) groups is 1. The molecule has 2 N–H and O–H groups in total. The van der Waals surface area contributed by atoms with Gasteiger partial charge in [-0.25, -0.2) is 0 Å². The topological polar surface area (TPSA) is 49.3 Å². The Morgan fingerprint density at radius 1 is 1.29 bits per heavy atom. The van der Waals surface area contributed by atoms with E-state index in [4.69, 9.17) is 16.7 Å². The quantitative estimate of drug-likeness (QED) is 0.845. The van der Waals surface area contributed by atoms with Crippen LogP contribution in [0.25, 0.3) is 10.4 Å². The molecule has 21 heavy (non-hydrogen) atoms. The summed E-state index contributed by atoms with van der Waals surface area (Å²) >= 11 is 7.34. The van der Waals surface area contributed by atoms with Gasteiger partial charge in [0, 0.05) is 22.5 Å². The second-order valence-electron chi connectivity index (χ2n) is 4.91. The van der Waals surface area contributed by atoms with Crippen molar-refractivity contribution in [2.75, 3.05) is 6.61 Å². The van der Waals surface area contributed by atoms with E-state index in [1.807, 2.05) is 43.3 Å². The molecule has 0 saturated carbocycles. The molecule has 3 nitrogen and oxygen atoms in total. The van der Waals surface area contributed by atoms with E-state index in [0.29, 0.717) is 16.3 Å². The lowest BCUT2D eigenvalue weighted by atomic mass is 10.2. The minimum absolute atomic E-state index is 0.0609.